The number of nitrogens with zero attached hydrogens (tertiary/aromatic N) is 1. The Balaban J connectivity index is 2.94. The van der Waals surface area contributed by atoms with Crippen LogP contribution in [0.2, 0.25) is 0 Å². The standard InChI is InChI=1S/C12H21N3O3S/c1-9(2)18-7-6-15(3)11-5-4-10(13)8-12(11)19(14,16)17/h4-5,8-9H,6-7,13H2,1-3H3,(H2,14,16,17). The van der Waals surface area contributed by atoms with Crippen LogP contribution in [0.4, 0.5) is 11.4 Å². The number of hydrogen-bond donors (Lipinski definition) is 2. The van der Waals surface area contributed by atoms with Crippen molar-refractivity contribution in [1.82, 2.24) is 0 Å². The molecule has 6 nitrogen and oxygen atoms in total. The summed E-state index contributed by atoms with van der Waals surface area (Å²) >= 11 is 0. The van der Waals surface area contributed by atoms with Gasteiger partial charge >= 0.3 is 0 Å². The molecule has 0 radical (unpaired) electrons. The van der Waals surface area contributed by atoms with Crippen molar-refractivity contribution in [3.8, 4) is 0 Å². The van der Waals surface area contributed by atoms with Crippen LogP contribution in [0.25, 0.3) is 0 Å². The van der Waals surface area contributed by atoms with Gasteiger partial charge in [0.25, 0.3) is 0 Å². The summed E-state index contributed by atoms with van der Waals surface area (Å²) in [6.07, 6.45) is 0.137. The molecule has 0 amide bonds. The van der Waals surface area contributed by atoms with Crippen molar-refractivity contribution in [2.24, 2.45) is 5.14 Å². The highest BCUT2D eigenvalue weighted by molar-refractivity contribution is 7.89. The van der Waals surface area contributed by atoms with Crippen molar-refractivity contribution in [1.29, 1.82) is 0 Å². The molecule has 19 heavy (non-hydrogen) atoms. The van der Waals surface area contributed by atoms with Gasteiger partial charge in [-0.25, -0.2) is 13.6 Å². The van der Waals surface area contributed by atoms with Crippen molar-refractivity contribution >= 4 is 21.4 Å². The first kappa shape index (κ1) is 15.7. The Morgan fingerprint density at radius 1 is 1.37 bits per heavy atom. The van der Waals surface area contributed by atoms with Gasteiger partial charge in [-0.15, -0.1) is 0 Å². The molecule has 0 fully saturated rings. The minimum Gasteiger partial charge on any atom is -0.399 e. The van der Waals surface area contributed by atoms with Crippen molar-refractivity contribution in [2.75, 3.05) is 30.8 Å². The molecule has 0 heterocycles. The Morgan fingerprint density at radius 3 is 2.53 bits per heavy atom. The molecule has 0 aliphatic heterocycles. The molecule has 1 aromatic rings. The van der Waals surface area contributed by atoms with Crippen LogP contribution < -0.4 is 15.8 Å². The second-order valence-electron chi connectivity index (χ2n) is 4.61. The summed E-state index contributed by atoms with van der Waals surface area (Å²) in [4.78, 5) is 1.81. The number of primary sulfonamides is 1. The number of nitrogens with two attached hydrogens (primary N) is 2. The maximum absolute atomic E-state index is 11.6. The lowest BCUT2D eigenvalue weighted by Crippen LogP contribution is -2.26. The van der Waals surface area contributed by atoms with Crippen LogP contribution in [0.5, 0.6) is 0 Å². The summed E-state index contributed by atoms with van der Waals surface area (Å²) in [5, 5.41) is 5.20. The second kappa shape index (κ2) is 6.23. The van der Waals surface area contributed by atoms with E-state index in [1.54, 1.807) is 24.1 Å². The molecule has 0 unspecified atom stereocenters. The Morgan fingerprint density at radius 2 is 2.00 bits per heavy atom. The minimum atomic E-state index is -3.80. The fraction of sp³-hybridized carbons (Fsp3) is 0.500. The predicted octanol–water partition coefficient (Wildman–Crippen LogP) is 0.777. The van der Waals surface area contributed by atoms with Crippen LogP contribution >= 0.6 is 0 Å². The largest absolute Gasteiger partial charge is 0.399 e. The van der Waals surface area contributed by atoms with Gasteiger partial charge in [0.2, 0.25) is 10.0 Å². The zero-order valence-corrected chi connectivity index (χ0v) is 12.3. The SMILES string of the molecule is CC(C)OCCN(C)c1ccc(N)cc1S(N)(=O)=O. The Hall–Kier alpha value is -1.31. The van der Waals surface area contributed by atoms with Gasteiger partial charge in [0.1, 0.15) is 4.90 Å². The average molecular weight is 287 g/mol. The van der Waals surface area contributed by atoms with Crippen LogP contribution in [0.15, 0.2) is 23.1 Å². The van der Waals surface area contributed by atoms with Gasteiger partial charge in [-0.1, -0.05) is 0 Å². The zero-order valence-electron chi connectivity index (χ0n) is 11.5. The third kappa shape index (κ3) is 4.70. The average Bonchev–Trinajstić information content (AvgIpc) is 2.27. The molecule has 0 atom stereocenters. The van der Waals surface area contributed by atoms with Crippen molar-refractivity contribution < 1.29 is 13.2 Å². The van der Waals surface area contributed by atoms with Gasteiger partial charge in [0.15, 0.2) is 0 Å². The van der Waals surface area contributed by atoms with Crippen LogP contribution in [-0.4, -0.2) is 34.7 Å². The molecule has 0 saturated heterocycles. The molecular formula is C12H21N3O3S. The number of sulfonamides is 1. The zero-order chi connectivity index (χ0) is 14.6. The number of nitrogen functional groups attached to an aromatic ring is 1. The molecular weight excluding hydrogens is 266 g/mol. The predicted molar refractivity (Wildman–Crippen MR) is 76.6 cm³/mol. The highest BCUT2D eigenvalue weighted by atomic mass is 32.2. The van der Waals surface area contributed by atoms with E-state index < -0.39 is 10.0 Å². The van der Waals surface area contributed by atoms with Crippen LogP contribution in [-0.2, 0) is 14.8 Å². The van der Waals surface area contributed by atoms with E-state index in [0.29, 0.717) is 24.5 Å². The van der Waals surface area contributed by atoms with E-state index in [0.717, 1.165) is 0 Å². The van der Waals surface area contributed by atoms with E-state index in [-0.39, 0.29) is 11.0 Å². The highest BCUT2D eigenvalue weighted by Crippen LogP contribution is 2.25. The number of ether oxygens (including phenoxy) is 1. The molecule has 0 aliphatic rings. The second-order valence-corrected chi connectivity index (χ2v) is 6.14. The third-order valence-electron chi connectivity index (χ3n) is 2.58. The van der Waals surface area contributed by atoms with Crippen LogP contribution in [0, 0.1) is 0 Å². The van der Waals surface area contributed by atoms with Gasteiger partial charge in [-0.05, 0) is 32.0 Å². The van der Waals surface area contributed by atoms with E-state index in [1.807, 2.05) is 13.8 Å². The maximum atomic E-state index is 11.6. The Labute approximate surface area is 114 Å². The normalized spacial score (nSPS) is 11.8. The summed E-state index contributed by atoms with van der Waals surface area (Å²) in [5.41, 5.74) is 6.48. The van der Waals surface area contributed by atoms with Gasteiger partial charge in [-0.2, -0.15) is 0 Å². The summed E-state index contributed by atoms with van der Waals surface area (Å²) < 4.78 is 28.5. The molecule has 0 spiro atoms. The van der Waals surface area contributed by atoms with Crippen LogP contribution in [0.3, 0.4) is 0 Å². The lowest BCUT2D eigenvalue weighted by Gasteiger charge is -2.22. The monoisotopic (exact) mass is 287 g/mol. The molecule has 4 N–H and O–H groups in total. The topological polar surface area (TPSA) is 98.7 Å². The number of anilines is 2. The molecule has 1 aromatic carbocycles. The first-order valence-corrected chi connectivity index (χ1v) is 7.51. The van der Waals surface area contributed by atoms with E-state index in [1.165, 1.54) is 6.07 Å². The lowest BCUT2D eigenvalue weighted by molar-refractivity contribution is 0.0845. The van der Waals surface area contributed by atoms with Crippen molar-refractivity contribution in [2.45, 2.75) is 24.8 Å². The number of rotatable bonds is 6. The molecule has 0 saturated carbocycles. The highest BCUT2D eigenvalue weighted by Gasteiger charge is 2.17. The van der Waals surface area contributed by atoms with E-state index in [9.17, 15) is 8.42 Å². The van der Waals surface area contributed by atoms with Gasteiger partial charge < -0.3 is 15.4 Å². The summed E-state index contributed by atoms with van der Waals surface area (Å²) in [6.45, 7) is 4.95. The van der Waals surface area contributed by atoms with Gasteiger partial charge in [-0.3, -0.25) is 0 Å². The Kier molecular flexibility index (Phi) is 5.16. The quantitative estimate of drug-likeness (QED) is 0.753. The molecule has 108 valence electrons. The minimum absolute atomic E-state index is 0.0274. The molecule has 0 bridgehead atoms. The molecule has 0 aromatic heterocycles. The summed E-state index contributed by atoms with van der Waals surface area (Å²) in [7, 11) is -2.02. The molecule has 7 heteroatoms. The van der Waals surface area contributed by atoms with Gasteiger partial charge in [0, 0.05) is 19.3 Å². The van der Waals surface area contributed by atoms with E-state index >= 15 is 0 Å². The lowest BCUT2D eigenvalue weighted by atomic mass is 10.2. The number of hydrogen-bond acceptors (Lipinski definition) is 5. The van der Waals surface area contributed by atoms with E-state index in [2.05, 4.69) is 0 Å². The maximum Gasteiger partial charge on any atom is 0.240 e. The first-order chi connectivity index (χ1) is 8.71. The molecule has 1 rings (SSSR count). The number of benzene rings is 1. The van der Waals surface area contributed by atoms with Crippen molar-refractivity contribution in [3.05, 3.63) is 18.2 Å². The summed E-state index contributed by atoms with van der Waals surface area (Å²) in [6, 6.07) is 4.65. The smallest absolute Gasteiger partial charge is 0.240 e. The Bertz CT molecular complexity index is 529. The first-order valence-electron chi connectivity index (χ1n) is 5.97. The number of likely N-dealkylation sites (N-methyl/N-ethyl adjacent to an activating group) is 1. The summed E-state index contributed by atoms with van der Waals surface area (Å²) in [5.74, 6) is 0. The molecule has 0 aliphatic carbocycles. The fourth-order valence-electron chi connectivity index (χ4n) is 1.62. The van der Waals surface area contributed by atoms with Gasteiger partial charge in [0.05, 0.1) is 18.4 Å². The van der Waals surface area contributed by atoms with Crippen LogP contribution in [0.1, 0.15) is 13.8 Å². The van der Waals surface area contributed by atoms with E-state index in [4.69, 9.17) is 15.6 Å². The fourth-order valence-corrected chi connectivity index (χ4v) is 2.44. The third-order valence-corrected chi connectivity index (χ3v) is 3.52. The van der Waals surface area contributed by atoms with Crippen molar-refractivity contribution in [3.63, 3.8) is 0 Å².